The van der Waals surface area contributed by atoms with Crippen LogP contribution in [0.3, 0.4) is 0 Å². The van der Waals surface area contributed by atoms with E-state index < -0.39 is 11.7 Å². The summed E-state index contributed by atoms with van der Waals surface area (Å²) in [6.07, 6.45) is 1.37. The largest absolute Gasteiger partial charge is 0.444 e. The minimum Gasteiger partial charge on any atom is -0.444 e. The molecule has 2 N–H and O–H groups in total. The number of nitrogens with one attached hydrogen (secondary N) is 2. The quantitative estimate of drug-likeness (QED) is 0.812. The van der Waals surface area contributed by atoms with Crippen molar-refractivity contribution >= 4 is 12.0 Å². The van der Waals surface area contributed by atoms with Crippen LogP contribution in [0.2, 0.25) is 0 Å². The molecule has 1 aliphatic rings. The molecule has 0 spiro atoms. The normalized spacial score (nSPS) is 17.6. The van der Waals surface area contributed by atoms with Crippen LogP contribution >= 0.6 is 0 Å². The van der Waals surface area contributed by atoms with Gasteiger partial charge in [-0.25, -0.2) is 4.79 Å². The van der Waals surface area contributed by atoms with E-state index in [0.29, 0.717) is 0 Å². The number of nitrogens with zero attached hydrogens (tertiary/aromatic N) is 1. The van der Waals surface area contributed by atoms with Crippen LogP contribution in [0, 0.1) is 0 Å². The molecule has 20 heavy (non-hydrogen) atoms. The summed E-state index contributed by atoms with van der Waals surface area (Å²) >= 11 is 0. The van der Waals surface area contributed by atoms with Crippen molar-refractivity contribution in [1.29, 1.82) is 0 Å². The number of ether oxygens (including phenoxy) is 1. The Labute approximate surface area is 121 Å². The van der Waals surface area contributed by atoms with Crippen LogP contribution in [0.1, 0.15) is 40.5 Å². The smallest absolute Gasteiger partial charge is 0.408 e. The van der Waals surface area contributed by atoms with Crippen LogP contribution in [0.15, 0.2) is 0 Å². The Morgan fingerprint density at radius 1 is 1.25 bits per heavy atom. The Morgan fingerprint density at radius 2 is 1.85 bits per heavy atom. The Morgan fingerprint density at radius 3 is 2.35 bits per heavy atom. The van der Waals surface area contributed by atoms with Gasteiger partial charge in [0.15, 0.2) is 0 Å². The van der Waals surface area contributed by atoms with E-state index in [0.717, 1.165) is 32.5 Å². The summed E-state index contributed by atoms with van der Waals surface area (Å²) in [5, 5.41) is 5.41. The van der Waals surface area contributed by atoms with E-state index in [2.05, 4.69) is 22.5 Å². The molecule has 0 saturated carbocycles. The van der Waals surface area contributed by atoms with Crippen molar-refractivity contribution in [2.45, 2.75) is 52.2 Å². The lowest BCUT2D eigenvalue weighted by Crippen LogP contribution is -2.47. The van der Waals surface area contributed by atoms with Crippen LogP contribution in [-0.2, 0) is 9.53 Å². The molecule has 1 heterocycles. The van der Waals surface area contributed by atoms with Gasteiger partial charge < -0.3 is 20.3 Å². The van der Waals surface area contributed by atoms with Crippen molar-refractivity contribution in [1.82, 2.24) is 15.5 Å². The van der Waals surface area contributed by atoms with Gasteiger partial charge in [-0.1, -0.05) is 6.92 Å². The van der Waals surface area contributed by atoms with E-state index in [9.17, 15) is 9.59 Å². The van der Waals surface area contributed by atoms with E-state index in [1.165, 1.54) is 0 Å². The van der Waals surface area contributed by atoms with Gasteiger partial charge in [-0.3, -0.25) is 4.79 Å². The van der Waals surface area contributed by atoms with E-state index in [1.807, 2.05) is 0 Å². The second kappa shape index (κ2) is 7.47. The van der Waals surface area contributed by atoms with E-state index in [-0.39, 0.29) is 18.5 Å². The summed E-state index contributed by atoms with van der Waals surface area (Å²) in [6, 6.07) is 0.214. The monoisotopic (exact) mass is 285 g/mol. The lowest BCUT2D eigenvalue weighted by Gasteiger charge is -2.31. The summed E-state index contributed by atoms with van der Waals surface area (Å²) in [4.78, 5) is 25.5. The average Bonchev–Trinajstić information content (AvgIpc) is 2.35. The molecule has 1 saturated heterocycles. The number of carbonyl (C=O) groups excluding carboxylic acids is 2. The topological polar surface area (TPSA) is 70.7 Å². The average molecular weight is 285 g/mol. The minimum atomic E-state index is -0.562. The molecule has 116 valence electrons. The van der Waals surface area contributed by atoms with E-state index >= 15 is 0 Å². The predicted molar refractivity (Wildman–Crippen MR) is 77.5 cm³/mol. The predicted octanol–water partition coefficient (Wildman–Crippen LogP) is 1.11. The van der Waals surface area contributed by atoms with Crippen molar-refractivity contribution in [2.24, 2.45) is 0 Å². The molecule has 0 bridgehead atoms. The SMILES string of the molecule is CCN1CCC(NC(=O)CNC(=O)OC(C)(C)C)CC1. The Bertz CT molecular complexity index is 331. The minimum absolute atomic E-state index is 0.0388. The zero-order chi connectivity index (χ0) is 15.2. The molecule has 1 aliphatic heterocycles. The maximum absolute atomic E-state index is 11.7. The third-order valence-electron chi connectivity index (χ3n) is 3.19. The molecule has 0 atom stereocenters. The zero-order valence-corrected chi connectivity index (χ0v) is 13.0. The van der Waals surface area contributed by atoms with E-state index in [4.69, 9.17) is 4.74 Å². The first-order valence-corrected chi connectivity index (χ1v) is 7.28. The maximum Gasteiger partial charge on any atom is 0.408 e. The van der Waals surface area contributed by atoms with Crippen molar-refractivity contribution in [3.63, 3.8) is 0 Å². The van der Waals surface area contributed by atoms with Gasteiger partial charge in [-0.05, 0) is 40.2 Å². The van der Waals surface area contributed by atoms with Crippen LogP contribution in [0.5, 0.6) is 0 Å². The summed E-state index contributed by atoms with van der Waals surface area (Å²) in [7, 11) is 0. The first-order valence-electron chi connectivity index (χ1n) is 7.28. The molecule has 1 rings (SSSR count). The van der Waals surface area contributed by atoms with Crippen molar-refractivity contribution < 1.29 is 14.3 Å². The van der Waals surface area contributed by atoms with Gasteiger partial charge in [0.2, 0.25) is 5.91 Å². The van der Waals surface area contributed by atoms with Crippen LogP contribution in [0.25, 0.3) is 0 Å². The third kappa shape index (κ3) is 6.75. The number of amides is 2. The Hall–Kier alpha value is -1.30. The number of hydrogen-bond donors (Lipinski definition) is 2. The lowest BCUT2D eigenvalue weighted by atomic mass is 10.1. The van der Waals surface area contributed by atoms with E-state index in [1.54, 1.807) is 20.8 Å². The highest BCUT2D eigenvalue weighted by Gasteiger charge is 2.20. The molecule has 0 radical (unpaired) electrons. The molecule has 0 aromatic heterocycles. The number of likely N-dealkylation sites (tertiary alicyclic amines) is 1. The van der Waals surface area contributed by atoms with Gasteiger partial charge in [0.1, 0.15) is 12.1 Å². The molecule has 0 unspecified atom stereocenters. The fourth-order valence-electron chi connectivity index (χ4n) is 2.14. The maximum atomic E-state index is 11.7. The molecular formula is C14H27N3O3. The Kier molecular flexibility index (Phi) is 6.26. The van der Waals surface area contributed by atoms with Gasteiger partial charge >= 0.3 is 6.09 Å². The first-order chi connectivity index (χ1) is 9.30. The molecule has 6 nitrogen and oxygen atoms in total. The van der Waals surface area contributed by atoms with Gasteiger partial charge in [0, 0.05) is 19.1 Å². The molecular weight excluding hydrogens is 258 g/mol. The number of alkyl carbamates (subject to hydrolysis) is 1. The molecule has 0 aromatic rings. The van der Waals surface area contributed by atoms with Gasteiger partial charge in [-0.2, -0.15) is 0 Å². The highest BCUT2D eigenvalue weighted by molar-refractivity contribution is 5.82. The number of hydrogen-bond acceptors (Lipinski definition) is 4. The second-order valence-corrected chi connectivity index (χ2v) is 6.13. The van der Waals surface area contributed by atoms with Gasteiger partial charge in [0.25, 0.3) is 0 Å². The fourth-order valence-corrected chi connectivity index (χ4v) is 2.14. The van der Waals surface area contributed by atoms with Gasteiger partial charge in [-0.15, -0.1) is 0 Å². The summed E-state index contributed by atoms with van der Waals surface area (Å²) in [5.41, 5.74) is -0.548. The van der Waals surface area contributed by atoms with Crippen LogP contribution in [-0.4, -0.2) is 54.7 Å². The number of carbonyl (C=O) groups is 2. The highest BCUT2D eigenvalue weighted by Crippen LogP contribution is 2.09. The standard InChI is InChI=1S/C14H27N3O3/c1-5-17-8-6-11(7-9-17)16-12(18)10-15-13(19)20-14(2,3)4/h11H,5-10H2,1-4H3,(H,15,19)(H,16,18). The molecule has 0 aliphatic carbocycles. The highest BCUT2D eigenvalue weighted by atomic mass is 16.6. The molecule has 1 fully saturated rings. The number of piperidine rings is 1. The van der Waals surface area contributed by atoms with Crippen molar-refractivity contribution in [3.8, 4) is 0 Å². The number of rotatable bonds is 4. The summed E-state index contributed by atoms with van der Waals surface area (Å²) in [5.74, 6) is -0.161. The second-order valence-electron chi connectivity index (χ2n) is 6.13. The lowest BCUT2D eigenvalue weighted by molar-refractivity contribution is -0.121. The molecule has 2 amide bonds. The van der Waals surface area contributed by atoms with Crippen LogP contribution < -0.4 is 10.6 Å². The van der Waals surface area contributed by atoms with Crippen LogP contribution in [0.4, 0.5) is 4.79 Å². The third-order valence-corrected chi connectivity index (χ3v) is 3.19. The van der Waals surface area contributed by atoms with Crippen molar-refractivity contribution in [3.05, 3.63) is 0 Å². The molecule has 6 heteroatoms. The van der Waals surface area contributed by atoms with Crippen molar-refractivity contribution in [2.75, 3.05) is 26.2 Å². The molecule has 0 aromatic carbocycles. The first kappa shape index (κ1) is 16.8. The summed E-state index contributed by atoms with van der Waals surface area (Å²) < 4.78 is 5.07. The fraction of sp³-hybridized carbons (Fsp3) is 0.857. The Balaban J connectivity index is 2.19. The van der Waals surface area contributed by atoms with Gasteiger partial charge in [0.05, 0.1) is 0 Å². The zero-order valence-electron chi connectivity index (χ0n) is 13.0. The summed E-state index contributed by atoms with van der Waals surface area (Å²) in [6.45, 7) is 10.5.